The minimum atomic E-state index is -1.01. The molecule has 0 saturated carbocycles. The van der Waals surface area contributed by atoms with Crippen molar-refractivity contribution in [2.75, 3.05) is 37.8 Å². The monoisotopic (exact) mass is 266 g/mol. The largest absolute Gasteiger partial charge is 0.478 e. The number of pyridine rings is 1. The molecule has 1 aromatic heterocycles. The number of hydrogen-bond acceptors (Lipinski definition) is 5. The molecule has 0 amide bonds. The molecule has 1 aromatic rings. The zero-order valence-corrected chi connectivity index (χ0v) is 11.9. The summed E-state index contributed by atoms with van der Waals surface area (Å²) in [6.07, 6.45) is 1.49. The van der Waals surface area contributed by atoms with Crippen molar-refractivity contribution in [2.45, 2.75) is 19.9 Å². The second-order valence-electron chi connectivity index (χ2n) is 4.84. The quantitative estimate of drug-likeness (QED) is 0.803. The second-order valence-corrected chi connectivity index (χ2v) is 4.84. The molecule has 0 radical (unpaired) electrons. The fourth-order valence-corrected chi connectivity index (χ4v) is 2.16. The first-order valence-electron chi connectivity index (χ1n) is 6.27. The number of carboxylic acid groups (broad SMARTS) is 1. The van der Waals surface area contributed by atoms with Gasteiger partial charge in [-0.2, -0.15) is 0 Å². The van der Waals surface area contributed by atoms with Gasteiger partial charge in [0.15, 0.2) is 0 Å². The smallest absolute Gasteiger partial charge is 0.339 e. The molecule has 1 heterocycles. The summed E-state index contributed by atoms with van der Waals surface area (Å²) in [7, 11) is 3.97. The van der Waals surface area contributed by atoms with Crippen LogP contribution in [0.4, 0.5) is 11.5 Å². The SMILES string of the molecule is CCN(c1ncc(N)cc1C(=O)O)C(C)CN(C)C. The lowest BCUT2D eigenvalue weighted by molar-refractivity contribution is 0.0697. The Morgan fingerprint density at radius 2 is 2.16 bits per heavy atom. The van der Waals surface area contributed by atoms with Gasteiger partial charge >= 0.3 is 5.97 Å². The van der Waals surface area contributed by atoms with Crippen LogP contribution in [-0.4, -0.2) is 54.2 Å². The molecule has 0 aliphatic heterocycles. The molecule has 0 aliphatic carbocycles. The van der Waals surface area contributed by atoms with Crippen LogP contribution in [0.3, 0.4) is 0 Å². The zero-order valence-electron chi connectivity index (χ0n) is 11.9. The van der Waals surface area contributed by atoms with Crippen LogP contribution in [0, 0.1) is 0 Å². The molecule has 106 valence electrons. The molecule has 0 saturated heterocycles. The third-order valence-electron chi connectivity index (χ3n) is 2.89. The molecule has 3 N–H and O–H groups in total. The van der Waals surface area contributed by atoms with Crippen LogP contribution < -0.4 is 10.6 Å². The lowest BCUT2D eigenvalue weighted by atomic mass is 10.2. The Hall–Kier alpha value is -1.82. The predicted molar refractivity (Wildman–Crippen MR) is 76.6 cm³/mol. The van der Waals surface area contributed by atoms with Crippen molar-refractivity contribution in [3.05, 3.63) is 17.8 Å². The average molecular weight is 266 g/mol. The van der Waals surface area contributed by atoms with Crippen molar-refractivity contribution < 1.29 is 9.90 Å². The summed E-state index contributed by atoms with van der Waals surface area (Å²) in [6.45, 7) is 5.54. The number of aromatic nitrogens is 1. The maximum Gasteiger partial charge on any atom is 0.339 e. The van der Waals surface area contributed by atoms with Crippen LogP contribution in [-0.2, 0) is 0 Å². The van der Waals surface area contributed by atoms with Gasteiger partial charge in [0.25, 0.3) is 0 Å². The minimum absolute atomic E-state index is 0.146. The van der Waals surface area contributed by atoms with E-state index in [0.29, 0.717) is 18.1 Å². The van der Waals surface area contributed by atoms with Gasteiger partial charge in [0.05, 0.1) is 11.9 Å². The van der Waals surface area contributed by atoms with Crippen molar-refractivity contribution in [1.82, 2.24) is 9.88 Å². The summed E-state index contributed by atoms with van der Waals surface area (Å²) in [5.41, 5.74) is 6.12. The zero-order chi connectivity index (χ0) is 14.6. The van der Waals surface area contributed by atoms with E-state index >= 15 is 0 Å². The van der Waals surface area contributed by atoms with Crippen molar-refractivity contribution in [3.8, 4) is 0 Å². The summed E-state index contributed by atoms with van der Waals surface area (Å²) in [6, 6.07) is 1.62. The lowest BCUT2D eigenvalue weighted by Gasteiger charge is -2.31. The van der Waals surface area contributed by atoms with Crippen LogP contribution in [0.25, 0.3) is 0 Å². The first-order valence-corrected chi connectivity index (χ1v) is 6.27. The number of aromatic carboxylic acids is 1. The van der Waals surface area contributed by atoms with Gasteiger partial charge in [0, 0.05) is 19.1 Å². The van der Waals surface area contributed by atoms with Gasteiger partial charge in [-0.15, -0.1) is 0 Å². The highest BCUT2D eigenvalue weighted by Gasteiger charge is 2.21. The first-order chi connectivity index (χ1) is 8.86. The number of rotatable bonds is 6. The fourth-order valence-electron chi connectivity index (χ4n) is 2.16. The Labute approximate surface area is 113 Å². The van der Waals surface area contributed by atoms with Crippen LogP contribution >= 0.6 is 0 Å². The Balaban J connectivity index is 3.14. The van der Waals surface area contributed by atoms with Gasteiger partial charge in [-0.1, -0.05) is 0 Å². The van der Waals surface area contributed by atoms with Crippen molar-refractivity contribution >= 4 is 17.5 Å². The number of anilines is 2. The van der Waals surface area contributed by atoms with Gasteiger partial charge in [-0.3, -0.25) is 0 Å². The highest BCUT2D eigenvalue weighted by molar-refractivity contribution is 5.94. The van der Waals surface area contributed by atoms with Gasteiger partial charge in [0.2, 0.25) is 0 Å². The highest BCUT2D eigenvalue weighted by atomic mass is 16.4. The van der Waals surface area contributed by atoms with Gasteiger partial charge in [-0.25, -0.2) is 9.78 Å². The topological polar surface area (TPSA) is 82.7 Å². The first kappa shape index (κ1) is 15.2. The number of nitrogen functional groups attached to an aromatic ring is 1. The normalized spacial score (nSPS) is 12.5. The maximum atomic E-state index is 11.3. The molecule has 0 aromatic carbocycles. The summed E-state index contributed by atoms with van der Waals surface area (Å²) in [5.74, 6) is -0.538. The number of likely N-dealkylation sites (N-methyl/N-ethyl adjacent to an activating group) is 2. The summed E-state index contributed by atoms with van der Waals surface area (Å²) in [4.78, 5) is 19.5. The fraction of sp³-hybridized carbons (Fsp3) is 0.538. The second kappa shape index (κ2) is 6.38. The Kier molecular flexibility index (Phi) is 5.11. The molecule has 6 nitrogen and oxygen atoms in total. The Morgan fingerprint density at radius 3 is 2.63 bits per heavy atom. The summed E-state index contributed by atoms with van der Waals surface area (Å²) >= 11 is 0. The molecule has 0 aliphatic rings. The van der Waals surface area contributed by atoms with E-state index in [0.717, 1.165) is 6.54 Å². The summed E-state index contributed by atoms with van der Waals surface area (Å²) in [5, 5.41) is 9.27. The number of carbonyl (C=O) groups is 1. The van der Waals surface area contributed by atoms with Gasteiger partial charge in [-0.05, 0) is 34.0 Å². The Morgan fingerprint density at radius 1 is 1.53 bits per heavy atom. The van der Waals surface area contributed by atoms with E-state index in [9.17, 15) is 9.90 Å². The number of nitrogens with zero attached hydrogens (tertiary/aromatic N) is 3. The van der Waals surface area contributed by atoms with Crippen LogP contribution in [0.5, 0.6) is 0 Å². The molecule has 1 rings (SSSR count). The molecule has 0 bridgehead atoms. The number of carboxylic acids is 1. The van der Waals surface area contributed by atoms with Gasteiger partial charge < -0.3 is 20.6 Å². The van der Waals surface area contributed by atoms with E-state index in [2.05, 4.69) is 9.88 Å². The molecular formula is C13H22N4O2. The highest BCUT2D eigenvalue weighted by Crippen LogP contribution is 2.22. The molecular weight excluding hydrogens is 244 g/mol. The molecule has 19 heavy (non-hydrogen) atoms. The standard InChI is InChI=1S/C13H22N4O2/c1-5-17(9(2)8-16(3)4)12-11(13(18)19)6-10(14)7-15-12/h6-7,9H,5,8,14H2,1-4H3,(H,18,19). The van der Waals surface area contributed by atoms with Crippen LogP contribution in [0.1, 0.15) is 24.2 Å². The van der Waals surface area contributed by atoms with Gasteiger partial charge in [0.1, 0.15) is 11.4 Å². The average Bonchev–Trinajstić information content (AvgIpc) is 2.30. The van der Waals surface area contributed by atoms with E-state index in [4.69, 9.17) is 5.73 Å². The van der Waals surface area contributed by atoms with Crippen molar-refractivity contribution in [2.24, 2.45) is 0 Å². The van der Waals surface area contributed by atoms with E-state index in [-0.39, 0.29) is 11.6 Å². The molecule has 1 atom stereocenters. The number of hydrogen-bond donors (Lipinski definition) is 2. The van der Waals surface area contributed by atoms with Crippen molar-refractivity contribution in [1.29, 1.82) is 0 Å². The molecule has 1 unspecified atom stereocenters. The maximum absolute atomic E-state index is 11.3. The summed E-state index contributed by atoms with van der Waals surface area (Å²) < 4.78 is 0. The third-order valence-corrected chi connectivity index (χ3v) is 2.89. The van der Waals surface area contributed by atoms with E-state index in [1.807, 2.05) is 32.8 Å². The molecule has 0 fully saturated rings. The van der Waals surface area contributed by atoms with Crippen LogP contribution in [0.2, 0.25) is 0 Å². The van der Waals surface area contributed by atoms with Crippen molar-refractivity contribution in [3.63, 3.8) is 0 Å². The minimum Gasteiger partial charge on any atom is -0.478 e. The van der Waals surface area contributed by atoms with E-state index in [1.54, 1.807) is 0 Å². The lowest BCUT2D eigenvalue weighted by Crippen LogP contribution is -2.41. The Bertz CT molecular complexity index is 448. The van der Waals surface area contributed by atoms with E-state index in [1.165, 1.54) is 12.3 Å². The third kappa shape index (κ3) is 3.82. The molecule has 6 heteroatoms. The number of nitrogens with two attached hydrogens (primary N) is 1. The van der Waals surface area contributed by atoms with Crippen LogP contribution in [0.15, 0.2) is 12.3 Å². The van der Waals surface area contributed by atoms with E-state index < -0.39 is 5.97 Å². The molecule has 0 spiro atoms. The predicted octanol–water partition coefficient (Wildman–Crippen LogP) is 1.14.